The Labute approximate surface area is 219 Å². The van der Waals surface area contributed by atoms with Crippen molar-refractivity contribution < 1.29 is 18.7 Å². The van der Waals surface area contributed by atoms with Crippen LogP contribution in [0, 0.1) is 17.4 Å². The van der Waals surface area contributed by atoms with Gasteiger partial charge in [0.15, 0.2) is 17.8 Å². The Bertz CT molecular complexity index is 1690. The Hall–Kier alpha value is -4.50. The maximum atomic E-state index is 10.5. The molecule has 8 heteroatoms. The highest BCUT2D eigenvalue weighted by Gasteiger charge is 2.21. The lowest BCUT2D eigenvalue weighted by molar-refractivity contribution is 0.340. The summed E-state index contributed by atoms with van der Waals surface area (Å²) >= 11 is 0. The number of ether oxygens (including phenoxy) is 1. The van der Waals surface area contributed by atoms with Gasteiger partial charge in [0.1, 0.15) is 23.1 Å². The molecule has 2 aromatic carbocycles. The molecule has 0 radical (unpaired) electrons. The summed E-state index contributed by atoms with van der Waals surface area (Å²) < 4.78 is 17.8. The van der Waals surface area contributed by atoms with Gasteiger partial charge in [-0.1, -0.05) is 17.0 Å². The van der Waals surface area contributed by atoms with Gasteiger partial charge in [-0.25, -0.2) is 0 Å². The van der Waals surface area contributed by atoms with Crippen molar-refractivity contribution in [2.75, 3.05) is 39.3 Å². The van der Waals surface area contributed by atoms with Gasteiger partial charge in [0.2, 0.25) is 0 Å². The first-order valence-electron chi connectivity index (χ1n) is 12.8. The van der Waals surface area contributed by atoms with Crippen molar-refractivity contribution in [1.29, 1.82) is 5.26 Å². The molecule has 4 aromatic rings. The maximum Gasteiger partial charge on any atom is 0.315 e. The number of nitrogens with zero attached hydrogens (tertiary/aromatic N) is 2. The fourth-order valence-electron chi connectivity index (χ4n) is 5.06. The summed E-state index contributed by atoms with van der Waals surface area (Å²) in [7, 11) is 0. The van der Waals surface area contributed by atoms with Crippen molar-refractivity contribution in [3.63, 3.8) is 0 Å². The topological polar surface area (TPSA) is 108 Å². The summed E-state index contributed by atoms with van der Waals surface area (Å²) in [6, 6.07) is 12.2. The van der Waals surface area contributed by atoms with Gasteiger partial charge in [-0.3, -0.25) is 0 Å². The van der Waals surface area contributed by atoms with Crippen LogP contribution in [-0.4, -0.2) is 44.4 Å². The third-order valence-corrected chi connectivity index (χ3v) is 6.91. The molecule has 3 N–H and O–H groups in total. The molecule has 0 atom stereocenters. The Morgan fingerprint density at radius 3 is 2.21 bits per heavy atom. The van der Waals surface area contributed by atoms with Crippen molar-refractivity contribution in [2.45, 2.75) is 12.8 Å². The van der Waals surface area contributed by atoms with Crippen LogP contribution in [0.15, 0.2) is 57.8 Å². The second kappa shape index (κ2) is 10.5. The predicted octanol–water partition coefficient (Wildman–Crippen LogP) is 5.27. The number of fused-ring (bicyclic) bond motifs is 2. The van der Waals surface area contributed by atoms with E-state index >= 15 is 0 Å². The molecule has 0 saturated heterocycles. The van der Waals surface area contributed by atoms with E-state index in [0.717, 1.165) is 66.7 Å². The molecule has 4 heterocycles. The Morgan fingerprint density at radius 2 is 1.55 bits per heavy atom. The fraction of sp³-hybridized carbons (Fsp3) is 0.267. The molecule has 6 rings (SSSR count). The molecule has 0 fully saturated rings. The SMILES string of the molecule is N#Cc1ccc(OCC[N+]#Cc2ccc(O)c3c(C4=CCCNC4)coc23)c2c(C3=CCCNC3)coc12. The molecule has 2 aromatic heterocycles. The minimum atomic E-state index is 0.174. The van der Waals surface area contributed by atoms with Crippen LogP contribution in [0.5, 0.6) is 11.5 Å². The van der Waals surface area contributed by atoms with E-state index in [2.05, 4.69) is 39.8 Å². The first-order valence-corrected chi connectivity index (χ1v) is 12.8. The number of benzene rings is 2. The Kier molecular flexibility index (Phi) is 6.58. The monoisotopic (exact) mass is 507 g/mol. The highest BCUT2D eigenvalue weighted by atomic mass is 16.5. The van der Waals surface area contributed by atoms with Crippen LogP contribution in [0.2, 0.25) is 0 Å². The van der Waals surface area contributed by atoms with Crippen LogP contribution in [-0.2, 0) is 0 Å². The number of rotatable bonds is 5. The largest absolute Gasteiger partial charge is 0.507 e. The molecule has 0 aliphatic carbocycles. The molecular formula is C30H27N4O4+. The smallest absolute Gasteiger partial charge is 0.315 e. The van der Waals surface area contributed by atoms with Crippen LogP contribution in [0.25, 0.3) is 37.9 Å². The molecule has 2 aliphatic rings. The molecule has 0 saturated carbocycles. The van der Waals surface area contributed by atoms with Crippen LogP contribution >= 0.6 is 0 Å². The predicted molar refractivity (Wildman–Crippen MR) is 146 cm³/mol. The van der Waals surface area contributed by atoms with Crippen LogP contribution < -0.4 is 15.4 Å². The number of aromatic hydroxyl groups is 1. The van der Waals surface area contributed by atoms with E-state index in [1.807, 2.05) is 6.07 Å². The van der Waals surface area contributed by atoms with Gasteiger partial charge in [-0.2, -0.15) is 5.26 Å². The minimum absolute atomic E-state index is 0.174. The quantitative estimate of drug-likeness (QED) is 0.316. The Morgan fingerprint density at radius 1 is 0.895 bits per heavy atom. The summed E-state index contributed by atoms with van der Waals surface area (Å²) in [6.07, 6.45) is 9.65. The Balaban J connectivity index is 1.22. The summed E-state index contributed by atoms with van der Waals surface area (Å²) in [5, 5.41) is 28.3. The van der Waals surface area contributed by atoms with E-state index < -0.39 is 0 Å². The van der Waals surface area contributed by atoms with E-state index in [-0.39, 0.29) is 5.75 Å². The molecule has 0 bridgehead atoms. The average molecular weight is 508 g/mol. The minimum Gasteiger partial charge on any atom is -0.507 e. The first-order chi connectivity index (χ1) is 18.7. The summed E-state index contributed by atoms with van der Waals surface area (Å²) in [5.41, 5.74) is 6.31. The number of furan rings is 2. The van der Waals surface area contributed by atoms with Gasteiger partial charge < -0.3 is 29.3 Å². The summed E-state index contributed by atoms with van der Waals surface area (Å²) in [6.45, 7) is 4.06. The van der Waals surface area contributed by atoms with Crippen molar-refractivity contribution in [1.82, 2.24) is 10.6 Å². The van der Waals surface area contributed by atoms with E-state index in [9.17, 15) is 10.4 Å². The number of nitrogens with one attached hydrogen (secondary N) is 2. The molecule has 8 nitrogen and oxygen atoms in total. The number of hydrogen-bond acceptors (Lipinski definition) is 7. The number of nitriles is 1. The molecule has 0 spiro atoms. The standard InChI is InChI=1S/C30H26N4O4/c31-13-19-6-8-26(28-24(18-37-29(19)28)21-4-2-10-33-15-21)36-12-11-34-16-22-5-7-25(35)27-23(17-38-30(22)27)20-3-1-9-32-14-20/h3-8,17-18,32-33H,1-2,9-12,14-15H2/p+1. The second-order valence-corrected chi connectivity index (χ2v) is 9.29. The van der Waals surface area contributed by atoms with E-state index in [1.54, 1.807) is 30.7 Å². The molecule has 38 heavy (non-hydrogen) atoms. The van der Waals surface area contributed by atoms with Gasteiger partial charge in [0, 0.05) is 24.2 Å². The molecule has 0 amide bonds. The highest BCUT2D eigenvalue weighted by molar-refractivity contribution is 5.99. The number of phenols is 1. The summed E-state index contributed by atoms with van der Waals surface area (Å²) in [5.74, 6) is 0.828. The van der Waals surface area contributed by atoms with Gasteiger partial charge in [-0.05, 0) is 61.3 Å². The average Bonchev–Trinajstić information content (AvgIpc) is 3.62. The maximum absolute atomic E-state index is 10.5. The van der Waals surface area contributed by atoms with Gasteiger partial charge in [0.05, 0.1) is 28.9 Å². The summed E-state index contributed by atoms with van der Waals surface area (Å²) in [4.78, 5) is 4.43. The van der Waals surface area contributed by atoms with Crippen molar-refractivity contribution in [3.05, 3.63) is 76.0 Å². The van der Waals surface area contributed by atoms with Crippen molar-refractivity contribution >= 4 is 33.1 Å². The number of phenolic OH excluding ortho intramolecular Hbond substituents is 1. The fourth-order valence-corrected chi connectivity index (χ4v) is 5.06. The van der Waals surface area contributed by atoms with Gasteiger partial charge in [0.25, 0.3) is 6.54 Å². The van der Waals surface area contributed by atoms with Crippen molar-refractivity contribution in [3.8, 4) is 23.6 Å². The van der Waals surface area contributed by atoms with Crippen LogP contribution in [0.3, 0.4) is 0 Å². The molecule has 2 aliphatic heterocycles. The molecule has 0 unspecified atom stereocenters. The lowest BCUT2D eigenvalue weighted by Crippen LogP contribution is -2.21. The van der Waals surface area contributed by atoms with E-state index in [4.69, 9.17) is 13.6 Å². The molecule has 190 valence electrons. The van der Waals surface area contributed by atoms with Gasteiger partial charge in [-0.15, -0.1) is 0 Å². The molecular weight excluding hydrogens is 480 g/mol. The van der Waals surface area contributed by atoms with Gasteiger partial charge >= 0.3 is 6.07 Å². The normalized spacial score (nSPS) is 15.4. The lowest BCUT2D eigenvalue weighted by atomic mass is 10.00. The second-order valence-electron chi connectivity index (χ2n) is 9.29. The highest BCUT2D eigenvalue weighted by Crippen LogP contribution is 2.38. The van der Waals surface area contributed by atoms with Crippen LogP contribution in [0.1, 0.15) is 35.1 Å². The van der Waals surface area contributed by atoms with Crippen LogP contribution in [0.4, 0.5) is 0 Å². The van der Waals surface area contributed by atoms with E-state index in [0.29, 0.717) is 46.6 Å². The van der Waals surface area contributed by atoms with Crippen molar-refractivity contribution in [2.24, 2.45) is 0 Å². The number of hydrogen-bond donors (Lipinski definition) is 3. The zero-order chi connectivity index (χ0) is 25.9. The third kappa shape index (κ3) is 4.41. The lowest BCUT2D eigenvalue weighted by Gasteiger charge is -2.14. The zero-order valence-corrected chi connectivity index (χ0v) is 20.8. The third-order valence-electron chi connectivity index (χ3n) is 6.91. The van der Waals surface area contributed by atoms with E-state index in [1.165, 1.54) is 0 Å². The first kappa shape index (κ1) is 23.9. The zero-order valence-electron chi connectivity index (χ0n) is 20.8.